The molecule has 0 saturated carbocycles. The van der Waals surface area contributed by atoms with Crippen molar-refractivity contribution in [2.75, 3.05) is 12.4 Å². The van der Waals surface area contributed by atoms with Gasteiger partial charge in [-0.3, -0.25) is 19.7 Å². The van der Waals surface area contributed by atoms with Crippen LogP contribution < -0.4 is 15.6 Å². The minimum Gasteiger partial charge on any atom is -0.495 e. The van der Waals surface area contributed by atoms with Gasteiger partial charge < -0.3 is 14.6 Å². The zero-order valence-corrected chi connectivity index (χ0v) is 15.3. The summed E-state index contributed by atoms with van der Waals surface area (Å²) in [5.74, 6) is -0.768. The van der Waals surface area contributed by atoms with Gasteiger partial charge in [-0.15, -0.1) is 0 Å². The number of carbonyl (C=O) groups excluding carboxylic acids is 1. The molecule has 0 spiro atoms. The van der Waals surface area contributed by atoms with Crippen molar-refractivity contribution in [2.24, 2.45) is 0 Å². The summed E-state index contributed by atoms with van der Waals surface area (Å²) in [5.41, 5.74) is 0.255. The van der Waals surface area contributed by atoms with Crippen LogP contribution in [0.3, 0.4) is 0 Å². The lowest BCUT2D eigenvalue weighted by atomic mass is 10.2. The van der Waals surface area contributed by atoms with Gasteiger partial charge in [-0.1, -0.05) is 12.1 Å². The molecule has 2 aromatic carbocycles. The van der Waals surface area contributed by atoms with Crippen LogP contribution >= 0.6 is 0 Å². The minimum absolute atomic E-state index is 0.0812. The van der Waals surface area contributed by atoms with Gasteiger partial charge in [0.15, 0.2) is 0 Å². The van der Waals surface area contributed by atoms with Crippen molar-refractivity contribution in [2.45, 2.75) is 6.54 Å². The molecule has 0 aliphatic rings. The highest BCUT2D eigenvalue weighted by Crippen LogP contribution is 2.29. The van der Waals surface area contributed by atoms with Crippen LogP contribution in [0.5, 0.6) is 5.75 Å². The summed E-state index contributed by atoms with van der Waals surface area (Å²) in [6.45, 7) is 0.0812. The van der Waals surface area contributed by atoms with Gasteiger partial charge in [0.05, 0.1) is 29.8 Å². The molecule has 0 saturated heterocycles. The van der Waals surface area contributed by atoms with Crippen LogP contribution in [0.2, 0.25) is 0 Å². The third-order valence-corrected chi connectivity index (χ3v) is 4.13. The van der Waals surface area contributed by atoms with E-state index < -0.39 is 16.6 Å². The third-order valence-electron chi connectivity index (χ3n) is 4.13. The molecule has 1 heterocycles. The number of non-ortho nitro benzene ring substituents is 1. The number of benzene rings is 2. The molecule has 148 valence electrons. The van der Waals surface area contributed by atoms with Gasteiger partial charge in [-0.05, 0) is 29.8 Å². The molecular formula is C20H16FN3O5. The largest absolute Gasteiger partial charge is 0.495 e. The predicted octanol–water partition coefficient (Wildman–Crippen LogP) is 3.20. The highest BCUT2D eigenvalue weighted by molar-refractivity contribution is 6.05. The fourth-order valence-electron chi connectivity index (χ4n) is 2.72. The summed E-state index contributed by atoms with van der Waals surface area (Å²) in [5, 5.41) is 13.5. The van der Waals surface area contributed by atoms with Crippen LogP contribution in [0.4, 0.5) is 15.8 Å². The Hall–Kier alpha value is -4.01. The van der Waals surface area contributed by atoms with Crippen LogP contribution in [0.1, 0.15) is 15.9 Å². The molecule has 3 aromatic rings. The topological polar surface area (TPSA) is 103 Å². The fraction of sp³-hybridized carbons (Fsp3) is 0.100. The number of halogens is 1. The first kappa shape index (κ1) is 19.7. The van der Waals surface area contributed by atoms with Gasteiger partial charge in [0.2, 0.25) is 0 Å². The number of carbonyl (C=O) groups is 1. The second-order valence-electron chi connectivity index (χ2n) is 6.11. The molecule has 0 bridgehead atoms. The van der Waals surface area contributed by atoms with E-state index >= 15 is 0 Å². The average molecular weight is 397 g/mol. The Bertz CT molecular complexity index is 1140. The summed E-state index contributed by atoms with van der Waals surface area (Å²) in [6.07, 6.45) is 1.34. The van der Waals surface area contributed by atoms with E-state index in [2.05, 4.69) is 5.32 Å². The number of anilines is 1. The van der Waals surface area contributed by atoms with Crippen molar-refractivity contribution in [1.29, 1.82) is 0 Å². The Morgan fingerprint density at radius 2 is 2.00 bits per heavy atom. The second kappa shape index (κ2) is 8.34. The summed E-state index contributed by atoms with van der Waals surface area (Å²) >= 11 is 0. The number of methoxy groups -OCH3 is 1. The van der Waals surface area contributed by atoms with Gasteiger partial charge >= 0.3 is 0 Å². The standard InChI is InChI=1S/C20H16FN3O5/c1-29-18-7-6-16(24(27)28)10-17(18)22-20(26)14-5-8-19(25)23(12-14)11-13-3-2-4-15(21)9-13/h2-10,12H,11H2,1H3,(H,22,26). The first-order chi connectivity index (χ1) is 13.9. The van der Waals surface area contributed by atoms with Crippen LogP contribution in [0, 0.1) is 15.9 Å². The van der Waals surface area contributed by atoms with Gasteiger partial charge in [0, 0.05) is 24.4 Å². The van der Waals surface area contributed by atoms with Crippen molar-refractivity contribution in [3.8, 4) is 5.75 Å². The van der Waals surface area contributed by atoms with Crippen molar-refractivity contribution in [3.63, 3.8) is 0 Å². The van der Waals surface area contributed by atoms with E-state index in [1.807, 2.05) is 0 Å². The van der Waals surface area contributed by atoms with Crippen LogP contribution in [-0.4, -0.2) is 22.5 Å². The number of nitrogens with one attached hydrogen (secondary N) is 1. The molecule has 0 radical (unpaired) electrons. The molecule has 3 rings (SSSR count). The fourth-order valence-corrected chi connectivity index (χ4v) is 2.72. The zero-order chi connectivity index (χ0) is 21.0. The Labute approximate surface area is 164 Å². The molecule has 0 fully saturated rings. The van der Waals surface area contributed by atoms with Crippen molar-refractivity contribution in [1.82, 2.24) is 4.57 Å². The molecule has 9 heteroatoms. The van der Waals surface area contributed by atoms with Crippen LogP contribution in [-0.2, 0) is 6.54 Å². The van der Waals surface area contributed by atoms with E-state index in [1.54, 1.807) is 6.07 Å². The summed E-state index contributed by atoms with van der Waals surface area (Å²) in [7, 11) is 1.37. The number of ether oxygens (including phenoxy) is 1. The number of hydrogen-bond donors (Lipinski definition) is 1. The summed E-state index contributed by atoms with van der Waals surface area (Å²) in [6, 6.07) is 12.2. The lowest BCUT2D eigenvalue weighted by molar-refractivity contribution is -0.384. The zero-order valence-electron chi connectivity index (χ0n) is 15.3. The lowest BCUT2D eigenvalue weighted by Gasteiger charge is -2.11. The number of hydrogen-bond acceptors (Lipinski definition) is 5. The van der Waals surface area contributed by atoms with Gasteiger partial charge in [-0.2, -0.15) is 0 Å². The van der Waals surface area contributed by atoms with Crippen LogP contribution in [0.25, 0.3) is 0 Å². The van der Waals surface area contributed by atoms with E-state index in [-0.39, 0.29) is 34.8 Å². The Morgan fingerprint density at radius 1 is 1.21 bits per heavy atom. The number of nitrogens with zero attached hydrogens (tertiary/aromatic N) is 2. The average Bonchev–Trinajstić information content (AvgIpc) is 2.69. The number of rotatable bonds is 6. The van der Waals surface area contributed by atoms with Crippen molar-refractivity contribution in [3.05, 3.63) is 98.2 Å². The van der Waals surface area contributed by atoms with E-state index in [1.165, 1.54) is 66.4 Å². The molecule has 0 unspecified atom stereocenters. The van der Waals surface area contributed by atoms with Gasteiger partial charge in [0.25, 0.3) is 17.2 Å². The molecule has 29 heavy (non-hydrogen) atoms. The molecule has 0 aliphatic heterocycles. The maximum Gasteiger partial charge on any atom is 0.271 e. The molecule has 1 amide bonds. The Kier molecular flexibility index (Phi) is 5.68. The highest BCUT2D eigenvalue weighted by atomic mass is 19.1. The predicted molar refractivity (Wildman–Crippen MR) is 104 cm³/mol. The lowest BCUT2D eigenvalue weighted by Crippen LogP contribution is -2.22. The van der Waals surface area contributed by atoms with E-state index in [0.29, 0.717) is 5.56 Å². The third kappa shape index (κ3) is 4.64. The number of pyridine rings is 1. The molecule has 0 aliphatic carbocycles. The highest BCUT2D eigenvalue weighted by Gasteiger charge is 2.15. The molecule has 8 nitrogen and oxygen atoms in total. The summed E-state index contributed by atoms with van der Waals surface area (Å²) < 4.78 is 19.8. The minimum atomic E-state index is -0.589. The normalized spacial score (nSPS) is 10.4. The van der Waals surface area contributed by atoms with Gasteiger partial charge in [0.1, 0.15) is 11.6 Å². The van der Waals surface area contributed by atoms with E-state index in [4.69, 9.17) is 4.74 Å². The van der Waals surface area contributed by atoms with E-state index in [0.717, 1.165) is 0 Å². The number of aromatic nitrogens is 1. The SMILES string of the molecule is COc1ccc([N+](=O)[O-])cc1NC(=O)c1ccc(=O)n(Cc2cccc(F)c2)c1. The monoisotopic (exact) mass is 397 g/mol. The van der Waals surface area contributed by atoms with Crippen molar-refractivity contribution >= 4 is 17.3 Å². The number of nitro benzene ring substituents is 1. The van der Waals surface area contributed by atoms with Gasteiger partial charge in [-0.25, -0.2) is 4.39 Å². The Morgan fingerprint density at radius 3 is 2.69 bits per heavy atom. The van der Waals surface area contributed by atoms with E-state index in [9.17, 15) is 24.1 Å². The molecule has 0 atom stereocenters. The first-order valence-electron chi connectivity index (χ1n) is 8.46. The van der Waals surface area contributed by atoms with Crippen molar-refractivity contribution < 1.29 is 18.8 Å². The smallest absolute Gasteiger partial charge is 0.271 e. The number of amides is 1. The van der Waals surface area contributed by atoms with Crippen LogP contribution in [0.15, 0.2) is 65.6 Å². The molecular weight excluding hydrogens is 381 g/mol. The number of nitro groups is 1. The maximum atomic E-state index is 13.4. The first-order valence-corrected chi connectivity index (χ1v) is 8.46. The quantitative estimate of drug-likeness (QED) is 0.508. The summed E-state index contributed by atoms with van der Waals surface area (Å²) in [4.78, 5) is 35.1. The molecule has 1 N–H and O–H groups in total. The second-order valence-corrected chi connectivity index (χ2v) is 6.11. The Balaban J connectivity index is 1.88. The maximum absolute atomic E-state index is 13.4. The molecule has 1 aromatic heterocycles.